The van der Waals surface area contributed by atoms with E-state index in [-0.39, 0.29) is 27.9 Å². The monoisotopic (exact) mass is 470 g/mol. The summed E-state index contributed by atoms with van der Waals surface area (Å²) in [5, 5.41) is 11.6. The minimum absolute atomic E-state index is 0.00194. The molecule has 0 fully saturated rings. The van der Waals surface area contributed by atoms with Crippen LogP contribution in [0.15, 0.2) is 65.7 Å². The van der Waals surface area contributed by atoms with E-state index >= 15 is 0 Å². The number of ether oxygens (including phenoxy) is 2. The van der Waals surface area contributed by atoms with Gasteiger partial charge in [-0.2, -0.15) is 0 Å². The number of sulfone groups is 1. The number of amides is 1. The summed E-state index contributed by atoms with van der Waals surface area (Å²) in [7, 11) is -3.33. The Balaban J connectivity index is 1.86. The second-order valence-electron chi connectivity index (χ2n) is 7.40. The van der Waals surface area contributed by atoms with E-state index in [9.17, 15) is 18.0 Å². The van der Waals surface area contributed by atoms with E-state index in [2.05, 4.69) is 10.3 Å². The van der Waals surface area contributed by atoms with Crippen molar-refractivity contribution < 1.29 is 32.6 Å². The Kier molecular flexibility index (Phi) is 6.98. The summed E-state index contributed by atoms with van der Waals surface area (Å²) in [6.45, 7) is 3.68. The zero-order valence-electron chi connectivity index (χ0n) is 18.1. The Morgan fingerprint density at radius 3 is 2.15 bits per heavy atom. The average Bonchev–Trinajstić information content (AvgIpc) is 2.73. The van der Waals surface area contributed by atoms with Crippen molar-refractivity contribution >= 4 is 27.5 Å². The SMILES string of the molecule is CC(C)Oc1cc(Oc2ccc(S(C)(=O)=O)cc2)cc(C(=O)Nc2ccc(C(=O)O)cn2)c1. The summed E-state index contributed by atoms with van der Waals surface area (Å²) in [5.74, 6) is -0.364. The molecule has 0 saturated heterocycles. The molecule has 0 aliphatic carbocycles. The van der Waals surface area contributed by atoms with Gasteiger partial charge < -0.3 is 19.9 Å². The maximum absolute atomic E-state index is 12.8. The van der Waals surface area contributed by atoms with E-state index in [4.69, 9.17) is 14.6 Å². The van der Waals surface area contributed by atoms with Crippen LogP contribution in [0.2, 0.25) is 0 Å². The van der Waals surface area contributed by atoms with E-state index in [0.717, 1.165) is 12.5 Å². The number of hydrogen-bond acceptors (Lipinski definition) is 7. The number of anilines is 1. The van der Waals surface area contributed by atoms with Crippen molar-refractivity contribution in [1.82, 2.24) is 4.98 Å². The van der Waals surface area contributed by atoms with E-state index in [1.54, 1.807) is 12.1 Å². The van der Waals surface area contributed by atoms with Gasteiger partial charge in [0, 0.05) is 24.1 Å². The molecule has 0 aliphatic heterocycles. The van der Waals surface area contributed by atoms with Crippen molar-refractivity contribution in [3.63, 3.8) is 0 Å². The molecular formula is C23H22N2O7S. The number of aromatic nitrogens is 1. The third kappa shape index (κ3) is 6.53. The summed E-state index contributed by atoms with van der Waals surface area (Å²) in [5.41, 5.74) is 0.220. The second-order valence-corrected chi connectivity index (χ2v) is 9.41. The van der Waals surface area contributed by atoms with Crippen LogP contribution in [0.5, 0.6) is 17.2 Å². The van der Waals surface area contributed by atoms with Gasteiger partial charge >= 0.3 is 5.97 Å². The summed E-state index contributed by atoms with van der Waals surface area (Å²) < 4.78 is 34.8. The highest BCUT2D eigenvalue weighted by molar-refractivity contribution is 7.90. The molecule has 0 aliphatic rings. The molecule has 10 heteroatoms. The number of carbonyl (C=O) groups excluding carboxylic acids is 1. The van der Waals surface area contributed by atoms with Crippen molar-refractivity contribution in [3.8, 4) is 17.2 Å². The number of pyridine rings is 1. The minimum atomic E-state index is -3.33. The third-order valence-electron chi connectivity index (χ3n) is 4.25. The highest BCUT2D eigenvalue weighted by atomic mass is 32.2. The Hall–Kier alpha value is -3.92. The number of carboxylic acids is 1. The number of rotatable bonds is 8. The summed E-state index contributed by atoms with van der Waals surface area (Å²) in [6, 6.07) is 13.3. The molecular weight excluding hydrogens is 448 g/mol. The fourth-order valence-corrected chi connectivity index (χ4v) is 3.41. The number of carbonyl (C=O) groups is 2. The highest BCUT2D eigenvalue weighted by Gasteiger charge is 2.14. The molecule has 1 heterocycles. The smallest absolute Gasteiger partial charge is 0.337 e. The van der Waals surface area contributed by atoms with Gasteiger partial charge in [0.05, 0.1) is 16.6 Å². The zero-order valence-corrected chi connectivity index (χ0v) is 18.9. The number of hydrogen-bond donors (Lipinski definition) is 2. The molecule has 3 rings (SSSR count). The van der Waals surface area contributed by atoms with Gasteiger partial charge in [-0.3, -0.25) is 4.79 Å². The molecule has 0 bridgehead atoms. The molecule has 0 saturated carbocycles. The third-order valence-corrected chi connectivity index (χ3v) is 5.38. The van der Waals surface area contributed by atoms with Gasteiger partial charge in [-0.1, -0.05) is 0 Å². The number of carboxylic acid groups (broad SMARTS) is 1. The first kappa shape index (κ1) is 23.7. The molecule has 0 atom stereocenters. The fourth-order valence-electron chi connectivity index (χ4n) is 2.78. The first-order chi connectivity index (χ1) is 15.5. The van der Waals surface area contributed by atoms with Crippen LogP contribution in [-0.4, -0.2) is 42.7 Å². The van der Waals surface area contributed by atoms with Gasteiger partial charge in [-0.25, -0.2) is 18.2 Å². The Labute approximate surface area is 190 Å². The predicted molar refractivity (Wildman–Crippen MR) is 121 cm³/mol. The predicted octanol–water partition coefficient (Wildman–Crippen LogP) is 4.02. The van der Waals surface area contributed by atoms with Crippen LogP contribution >= 0.6 is 0 Å². The van der Waals surface area contributed by atoms with Crippen LogP contribution < -0.4 is 14.8 Å². The van der Waals surface area contributed by atoms with E-state index in [0.29, 0.717) is 17.2 Å². The molecule has 9 nitrogen and oxygen atoms in total. The van der Waals surface area contributed by atoms with E-state index in [1.807, 2.05) is 13.8 Å². The van der Waals surface area contributed by atoms with Crippen LogP contribution in [0.3, 0.4) is 0 Å². The number of aromatic carboxylic acids is 1. The lowest BCUT2D eigenvalue weighted by Gasteiger charge is -2.14. The molecule has 1 aromatic heterocycles. The summed E-state index contributed by atoms with van der Waals surface area (Å²) in [4.78, 5) is 27.8. The standard InChI is InChI=1S/C23H22N2O7S/c1-14(2)31-18-10-16(22(26)25-21-9-4-15(13-24-21)23(27)28)11-19(12-18)32-17-5-7-20(8-6-17)33(3,29)30/h4-14H,1-3H3,(H,27,28)(H,24,25,26). The lowest BCUT2D eigenvalue weighted by molar-refractivity contribution is 0.0696. The second kappa shape index (κ2) is 9.70. The van der Waals surface area contributed by atoms with E-state index in [1.165, 1.54) is 42.5 Å². The topological polar surface area (TPSA) is 132 Å². The molecule has 0 radical (unpaired) electrons. The Bertz CT molecular complexity index is 1270. The zero-order chi connectivity index (χ0) is 24.2. The largest absolute Gasteiger partial charge is 0.491 e. The lowest BCUT2D eigenvalue weighted by Crippen LogP contribution is -2.14. The maximum Gasteiger partial charge on any atom is 0.337 e. The molecule has 0 spiro atoms. The molecule has 33 heavy (non-hydrogen) atoms. The van der Waals surface area contributed by atoms with Crippen molar-refractivity contribution in [3.05, 3.63) is 71.9 Å². The lowest BCUT2D eigenvalue weighted by atomic mass is 10.1. The van der Waals surface area contributed by atoms with Crippen LogP contribution in [0.4, 0.5) is 5.82 Å². The number of benzene rings is 2. The van der Waals surface area contributed by atoms with Crippen LogP contribution in [-0.2, 0) is 9.84 Å². The van der Waals surface area contributed by atoms with Gasteiger partial charge in [0.25, 0.3) is 5.91 Å². The highest BCUT2D eigenvalue weighted by Crippen LogP contribution is 2.29. The molecule has 2 N–H and O–H groups in total. The quantitative estimate of drug-likeness (QED) is 0.505. The Morgan fingerprint density at radius 1 is 0.939 bits per heavy atom. The van der Waals surface area contributed by atoms with Crippen LogP contribution in [0.1, 0.15) is 34.6 Å². The maximum atomic E-state index is 12.8. The first-order valence-corrected chi connectivity index (χ1v) is 11.7. The van der Waals surface area contributed by atoms with Gasteiger partial charge in [-0.15, -0.1) is 0 Å². The fraction of sp³-hybridized carbons (Fsp3) is 0.174. The molecule has 2 aromatic carbocycles. The number of nitrogens with zero attached hydrogens (tertiary/aromatic N) is 1. The normalized spacial score (nSPS) is 11.2. The van der Waals surface area contributed by atoms with Crippen LogP contribution in [0.25, 0.3) is 0 Å². The van der Waals surface area contributed by atoms with Crippen LogP contribution in [0, 0.1) is 0 Å². The van der Waals surface area contributed by atoms with Crippen molar-refractivity contribution in [1.29, 1.82) is 0 Å². The Morgan fingerprint density at radius 2 is 1.61 bits per heavy atom. The number of nitrogens with one attached hydrogen (secondary N) is 1. The van der Waals surface area contributed by atoms with Crippen molar-refractivity contribution in [2.24, 2.45) is 0 Å². The van der Waals surface area contributed by atoms with Crippen molar-refractivity contribution in [2.45, 2.75) is 24.8 Å². The molecule has 1 amide bonds. The van der Waals surface area contributed by atoms with E-state index < -0.39 is 21.7 Å². The minimum Gasteiger partial charge on any atom is -0.491 e. The summed E-state index contributed by atoms with van der Waals surface area (Å²) in [6.07, 6.45) is 2.10. The van der Waals surface area contributed by atoms with Gasteiger partial charge in [0.1, 0.15) is 23.1 Å². The average molecular weight is 471 g/mol. The summed E-state index contributed by atoms with van der Waals surface area (Å²) >= 11 is 0. The van der Waals surface area contributed by atoms with Gasteiger partial charge in [0.2, 0.25) is 0 Å². The van der Waals surface area contributed by atoms with Crippen molar-refractivity contribution in [2.75, 3.05) is 11.6 Å². The molecule has 0 unspecified atom stereocenters. The first-order valence-electron chi connectivity index (χ1n) is 9.81. The molecule has 172 valence electrons. The molecule has 3 aromatic rings. The van der Waals surface area contributed by atoms with Gasteiger partial charge in [0.15, 0.2) is 9.84 Å². The van der Waals surface area contributed by atoms with Gasteiger partial charge in [-0.05, 0) is 62.4 Å².